The van der Waals surface area contributed by atoms with Gasteiger partial charge in [-0.05, 0) is 30.2 Å². The summed E-state index contributed by atoms with van der Waals surface area (Å²) >= 11 is 1.49. The van der Waals surface area contributed by atoms with Crippen LogP contribution in [0.5, 0.6) is 5.75 Å². The number of hydrogen-bond donors (Lipinski definition) is 1. The van der Waals surface area contributed by atoms with Crippen molar-refractivity contribution in [3.63, 3.8) is 0 Å². The van der Waals surface area contributed by atoms with E-state index in [0.717, 1.165) is 16.3 Å². The molecule has 2 heterocycles. The average molecular weight is 353 g/mol. The third-order valence-electron chi connectivity index (χ3n) is 3.67. The van der Waals surface area contributed by atoms with Crippen molar-refractivity contribution in [3.8, 4) is 5.75 Å². The predicted molar refractivity (Wildman–Crippen MR) is 97.4 cm³/mol. The lowest BCUT2D eigenvalue weighted by Gasteiger charge is -2.07. The Labute approximate surface area is 150 Å². The van der Waals surface area contributed by atoms with Crippen LogP contribution in [0.4, 0.5) is 0 Å². The summed E-state index contributed by atoms with van der Waals surface area (Å²) in [6, 6.07) is 11.7. The Bertz CT molecular complexity index is 833. The first-order chi connectivity index (χ1) is 12.2. The number of ether oxygens (including phenoxy) is 1. The van der Waals surface area contributed by atoms with Gasteiger partial charge in [0.15, 0.2) is 0 Å². The summed E-state index contributed by atoms with van der Waals surface area (Å²) in [6.45, 7) is 2.95. The molecule has 0 saturated heterocycles. The Morgan fingerprint density at radius 1 is 1.24 bits per heavy atom. The van der Waals surface area contributed by atoms with Crippen molar-refractivity contribution in [1.29, 1.82) is 0 Å². The minimum absolute atomic E-state index is 0.0340. The fourth-order valence-corrected chi connectivity index (χ4v) is 3.01. The third kappa shape index (κ3) is 5.12. The van der Waals surface area contributed by atoms with Crippen LogP contribution in [-0.2, 0) is 24.4 Å². The minimum Gasteiger partial charge on any atom is -0.485 e. The molecular formula is C19H19N3O2S. The molecule has 0 fully saturated rings. The number of aromatic nitrogens is 2. The van der Waals surface area contributed by atoms with Gasteiger partial charge in [-0.15, -0.1) is 11.3 Å². The highest BCUT2D eigenvalue weighted by Gasteiger charge is 2.09. The van der Waals surface area contributed by atoms with Gasteiger partial charge >= 0.3 is 0 Å². The maximum Gasteiger partial charge on any atom is 0.226 e. The van der Waals surface area contributed by atoms with E-state index in [1.807, 2.05) is 48.7 Å². The van der Waals surface area contributed by atoms with Crippen molar-refractivity contribution >= 4 is 17.2 Å². The molecule has 0 atom stereocenters. The van der Waals surface area contributed by atoms with Gasteiger partial charge in [-0.25, -0.2) is 4.98 Å². The molecule has 1 N–H and O–H groups in total. The van der Waals surface area contributed by atoms with E-state index in [-0.39, 0.29) is 12.3 Å². The number of amides is 1. The van der Waals surface area contributed by atoms with Gasteiger partial charge in [-0.3, -0.25) is 9.78 Å². The molecule has 25 heavy (non-hydrogen) atoms. The summed E-state index contributed by atoms with van der Waals surface area (Å²) < 4.78 is 5.61. The van der Waals surface area contributed by atoms with Crippen molar-refractivity contribution < 1.29 is 9.53 Å². The van der Waals surface area contributed by atoms with E-state index in [2.05, 4.69) is 15.3 Å². The molecule has 2 aromatic heterocycles. The van der Waals surface area contributed by atoms with E-state index in [4.69, 9.17) is 4.74 Å². The summed E-state index contributed by atoms with van der Waals surface area (Å²) in [5.41, 5.74) is 3.06. The summed E-state index contributed by atoms with van der Waals surface area (Å²) in [7, 11) is 0. The fourth-order valence-electron chi connectivity index (χ4n) is 2.30. The largest absolute Gasteiger partial charge is 0.485 e. The van der Waals surface area contributed by atoms with Crippen molar-refractivity contribution in [2.45, 2.75) is 26.5 Å². The van der Waals surface area contributed by atoms with Gasteiger partial charge in [0.1, 0.15) is 17.4 Å². The van der Waals surface area contributed by atoms with Gasteiger partial charge in [0, 0.05) is 18.1 Å². The highest BCUT2D eigenvalue weighted by Crippen LogP contribution is 2.14. The molecule has 0 aliphatic carbocycles. The number of aryl methyl sites for hydroxylation is 1. The number of nitrogens with zero attached hydrogens (tertiary/aromatic N) is 2. The molecule has 0 saturated carbocycles. The van der Waals surface area contributed by atoms with Crippen LogP contribution in [0, 0.1) is 6.92 Å². The lowest BCUT2D eigenvalue weighted by molar-refractivity contribution is -0.120. The molecule has 1 aromatic carbocycles. The van der Waals surface area contributed by atoms with Crippen LogP contribution in [0.2, 0.25) is 0 Å². The van der Waals surface area contributed by atoms with E-state index < -0.39 is 0 Å². The Kier molecular flexibility index (Phi) is 5.74. The SMILES string of the molecule is Cc1ccccc1CNC(=O)Cc1csc(COc2cccnc2)n1. The number of carbonyl (C=O) groups excluding carboxylic acids is 1. The van der Waals surface area contributed by atoms with Gasteiger partial charge < -0.3 is 10.1 Å². The average Bonchev–Trinajstić information content (AvgIpc) is 3.07. The molecule has 128 valence electrons. The molecular weight excluding hydrogens is 334 g/mol. The first-order valence-corrected chi connectivity index (χ1v) is 8.86. The third-order valence-corrected chi connectivity index (χ3v) is 4.55. The van der Waals surface area contributed by atoms with Crippen LogP contribution < -0.4 is 10.1 Å². The van der Waals surface area contributed by atoms with Crippen LogP contribution >= 0.6 is 11.3 Å². The van der Waals surface area contributed by atoms with Crippen LogP contribution in [0.1, 0.15) is 21.8 Å². The van der Waals surface area contributed by atoms with E-state index >= 15 is 0 Å². The van der Waals surface area contributed by atoms with Gasteiger partial charge in [0.05, 0.1) is 18.3 Å². The smallest absolute Gasteiger partial charge is 0.226 e. The summed E-state index contributed by atoms with van der Waals surface area (Å²) in [6.07, 6.45) is 3.63. The molecule has 0 spiro atoms. The summed E-state index contributed by atoms with van der Waals surface area (Å²) in [5.74, 6) is 0.670. The molecule has 3 aromatic rings. The second kappa shape index (κ2) is 8.39. The predicted octanol–water partition coefficient (Wildman–Crippen LogP) is 3.28. The standard InChI is InChI=1S/C19H19N3O2S/c1-14-5-2-3-6-15(14)10-21-18(23)9-16-13-25-19(22-16)12-24-17-7-4-8-20-11-17/h2-8,11,13H,9-10,12H2,1H3,(H,21,23). The summed E-state index contributed by atoms with van der Waals surface area (Å²) in [5, 5.41) is 5.68. The second-order valence-electron chi connectivity index (χ2n) is 5.59. The molecule has 0 aliphatic heterocycles. The van der Waals surface area contributed by atoms with Gasteiger partial charge in [0.25, 0.3) is 0 Å². The van der Waals surface area contributed by atoms with E-state index in [1.165, 1.54) is 16.9 Å². The van der Waals surface area contributed by atoms with E-state index in [9.17, 15) is 4.79 Å². The Hall–Kier alpha value is -2.73. The molecule has 3 rings (SSSR count). The number of carbonyl (C=O) groups is 1. The Morgan fingerprint density at radius 2 is 2.12 bits per heavy atom. The molecule has 0 bridgehead atoms. The number of thiazole rings is 1. The van der Waals surface area contributed by atoms with E-state index in [1.54, 1.807) is 12.4 Å². The van der Waals surface area contributed by atoms with Crippen molar-refractivity contribution in [1.82, 2.24) is 15.3 Å². The number of hydrogen-bond acceptors (Lipinski definition) is 5. The van der Waals surface area contributed by atoms with Crippen molar-refractivity contribution in [3.05, 3.63) is 76.0 Å². The lowest BCUT2D eigenvalue weighted by Crippen LogP contribution is -2.25. The van der Waals surface area contributed by atoms with Crippen molar-refractivity contribution in [2.24, 2.45) is 0 Å². The number of benzene rings is 1. The van der Waals surface area contributed by atoms with Gasteiger partial charge in [-0.2, -0.15) is 0 Å². The zero-order chi connectivity index (χ0) is 17.5. The number of rotatable bonds is 7. The lowest BCUT2D eigenvalue weighted by atomic mass is 10.1. The summed E-state index contributed by atoms with van der Waals surface area (Å²) in [4.78, 5) is 20.5. The monoisotopic (exact) mass is 353 g/mol. The Balaban J connectivity index is 1.47. The number of nitrogens with one attached hydrogen (secondary N) is 1. The molecule has 0 unspecified atom stereocenters. The first kappa shape index (κ1) is 17.1. The molecule has 0 radical (unpaired) electrons. The quantitative estimate of drug-likeness (QED) is 0.708. The van der Waals surface area contributed by atoms with Gasteiger partial charge in [-0.1, -0.05) is 24.3 Å². The number of pyridine rings is 1. The topological polar surface area (TPSA) is 64.1 Å². The maximum absolute atomic E-state index is 12.1. The zero-order valence-corrected chi connectivity index (χ0v) is 14.8. The van der Waals surface area contributed by atoms with Crippen LogP contribution in [0.15, 0.2) is 54.2 Å². The van der Waals surface area contributed by atoms with Crippen LogP contribution in [0.25, 0.3) is 0 Å². The highest BCUT2D eigenvalue weighted by molar-refractivity contribution is 7.09. The fraction of sp³-hybridized carbons (Fsp3) is 0.211. The van der Waals surface area contributed by atoms with Crippen LogP contribution in [0.3, 0.4) is 0 Å². The zero-order valence-electron chi connectivity index (χ0n) is 13.9. The second-order valence-corrected chi connectivity index (χ2v) is 6.53. The van der Waals surface area contributed by atoms with Crippen molar-refractivity contribution in [2.75, 3.05) is 0 Å². The molecule has 5 nitrogen and oxygen atoms in total. The normalized spacial score (nSPS) is 10.4. The maximum atomic E-state index is 12.1. The first-order valence-electron chi connectivity index (χ1n) is 7.98. The Morgan fingerprint density at radius 3 is 2.92 bits per heavy atom. The van der Waals surface area contributed by atoms with Crippen LogP contribution in [-0.4, -0.2) is 15.9 Å². The van der Waals surface area contributed by atoms with Gasteiger partial charge in [0.2, 0.25) is 5.91 Å². The van der Waals surface area contributed by atoms with E-state index in [0.29, 0.717) is 18.9 Å². The molecule has 0 aliphatic rings. The molecule has 1 amide bonds. The highest BCUT2D eigenvalue weighted by atomic mass is 32.1. The minimum atomic E-state index is -0.0340. The molecule has 6 heteroatoms.